The zero-order valence-electron chi connectivity index (χ0n) is 9.74. The van der Waals surface area contributed by atoms with E-state index in [4.69, 9.17) is 0 Å². The minimum Gasteiger partial charge on any atom is -0.0988 e. The topological polar surface area (TPSA) is 0 Å². The minimum atomic E-state index is 0.958. The molecule has 0 aliphatic heterocycles. The van der Waals surface area contributed by atoms with E-state index in [9.17, 15) is 0 Å². The Hall–Kier alpha value is -2.08. The van der Waals surface area contributed by atoms with Crippen molar-refractivity contribution in [1.29, 1.82) is 0 Å². The van der Waals surface area contributed by atoms with Crippen LogP contribution in [0.5, 0.6) is 0 Å². The van der Waals surface area contributed by atoms with Crippen LogP contribution in [0.2, 0.25) is 0 Å². The first-order valence-corrected chi connectivity index (χ1v) is 5.83. The highest BCUT2D eigenvalue weighted by Crippen LogP contribution is 2.26. The van der Waals surface area contributed by atoms with Crippen molar-refractivity contribution in [1.82, 2.24) is 0 Å². The van der Waals surface area contributed by atoms with Crippen LogP contribution < -0.4 is 10.4 Å². The van der Waals surface area contributed by atoms with E-state index in [1.54, 1.807) is 0 Å². The first-order valence-electron chi connectivity index (χ1n) is 5.83. The zero-order chi connectivity index (χ0) is 11.8. The molecule has 82 valence electrons. The molecule has 2 aromatic rings. The number of hydrogen-bond donors (Lipinski definition) is 0. The molecule has 0 nitrogen and oxygen atoms in total. The van der Waals surface area contributed by atoms with Crippen molar-refractivity contribution in [2.24, 2.45) is 0 Å². The molecule has 0 heterocycles. The Bertz CT molecular complexity index is 705. The quantitative estimate of drug-likeness (QED) is 0.690. The number of benzene rings is 2. The molecule has 0 N–H and O–H groups in total. The molecule has 0 unspecified atom stereocenters. The van der Waals surface area contributed by atoms with Crippen molar-refractivity contribution < 1.29 is 0 Å². The van der Waals surface area contributed by atoms with Crippen LogP contribution in [-0.4, -0.2) is 0 Å². The van der Waals surface area contributed by atoms with Gasteiger partial charge in [0.15, 0.2) is 0 Å². The van der Waals surface area contributed by atoms with E-state index in [1.807, 2.05) is 6.08 Å². The Balaban J connectivity index is 2.50. The van der Waals surface area contributed by atoms with E-state index >= 15 is 0 Å². The zero-order valence-corrected chi connectivity index (χ0v) is 9.74. The van der Waals surface area contributed by atoms with Crippen LogP contribution in [-0.2, 0) is 6.42 Å². The maximum atomic E-state index is 4.14. The molecular formula is C17H14. The van der Waals surface area contributed by atoms with Gasteiger partial charge in [-0.25, -0.2) is 0 Å². The second-order valence-corrected chi connectivity index (χ2v) is 4.40. The molecule has 0 atom stereocenters. The molecule has 0 saturated carbocycles. The third kappa shape index (κ3) is 1.45. The van der Waals surface area contributed by atoms with Crippen molar-refractivity contribution in [3.63, 3.8) is 0 Å². The van der Waals surface area contributed by atoms with Gasteiger partial charge in [-0.1, -0.05) is 61.7 Å². The third-order valence-corrected chi connectivity index (χ3v) is 3.41. The lowest BCUT2D eigenvalue weighted by Gasteiger charge is -2.18. The van der Waals surface area contributed by atoms with E-state index in [-0.39, 0.29) is 0 Å². The minimum absolute atomic E-state index is 0.958. The third-order valence-electron chi connectivity index (χ3n) is 3.41. The first kappa shape index (κ1) is 10.1. The molecule has 1 aliphatic rings. The van der Waals surface area contributed by atoms with Crippen molar-refractivity contribution in [2.75, 3.05) is 0 Å². The fraction of sp³-hybridized carbons (Fsp3) is 0.0588. The smallest absolute Gasteiger partial charge is 0.00134 e. The highest BCUT2D eigenvalue weighted by molar-refractivity contribution is 5.79. The van der Waals surface area contributed by atoms with Crippen LogP contribution in [0.1, 0.15) is 5.56 Å². The normalized spacial score (nSPS) is 12.8. The summed E-state index contributed by atoms with van der Waals surface area (Å²) in [6.07, 6.45) is 2.92. The highest BCUT2D eigenvalue weighted by Gasteiger charge is 2.14. The Morgan fingerprint density at radius 2 is 1.71 bits per heavy atom. The van der Waals surface area contributed by atoms with Gasteiger partial charge >= 0.3 is 0 Å². The molecule has 2 aromatic carbocycles. The molecule has 0 aromatic heterocycles. The fourth-order valence-electron chi connectivity index (χ4n) is 2.61. The summed E-state index contributed by atoms with van der Waals surface area (Å²) in [6.45, 7) is 8.07. The molecule has 3 rings (SSSR count). The van der Waals surface area contributed by atoms with Gasteiger partial charge in [-0.05, 0) is 39.1 Å². The van der Waals surface area contributed by atoms with Gasteiger partial charge in [0.2, 0.25) is 0 Å². The molecule has 0 fully saturated rings. The number of hydrogen-bond acceptors (Lipinski definition) is 0. The van der Waals surface area contributed by atoms with Gasteiger partial charge in [0, 0.05) is 0 Å². The Kier molecular flexibility index (Phi) is 2.22. The number of fused-ring (bicyclic) bond motifs is 3. The van der Waals surface area contributed by atoms with Crippen molar-refractivity contribution in [2.45, 2.75) is 6.42 Å². The Morgan fingerprint density at radius 3 is 2.53 bits per heavy atom. The van der Waals surface area contributed by atoms with E-state index in [1.165, 1.54) is 27.5 Å². The second-order valence-electron chi connectivity index (χ2n) is 4.40. The lowest BCUT2D eigenvalue weighted by molar-refractivity contribution is 1.24. The maximum absolute atomic E-state index is 4.14. The first-order chi connectivity index (χ1) is 8.31. The van der Waals surface area contributed by atoms with Crippen LogP contribution in [0.15, 0.2) is 55.1 Å². The van der Waals surface area contributed by atoms with Gasteiger partial charge in [-0.3, -0.25) is 0 Å². The Morgan fingerprint density at radius 1 is 0.941 bits per heavy atom. The van der Waals surface area contributed by atoms with E-state index in [2.05, 4.69) is 55.6 Å². The second kappa shape index (κ2) is 3.74. The number of rotatable bonds is 1. The standard InChI is InChI=1S/C17H14/c1-3-13-11-14-8-4-5-9-15(14)16-10-6-7-12(2)17(13)16/h3-10H,1-2,11H2. The molecule has 0 spiro atoms. The molecular weight excluding hydrogens is 204 g/mol. The summed E-state index contributed by atoms with van der Waals surface area (Å²) >= 11 is 0. The highest BCUT2D eigenvalue weighted by atomic mass is 14.2. The van der Waals surface area contributed by atoms with Crippen LogP contribution in [0.25, 0.3) is 23.3 Å². The predicted molar refractivity (Wildman–Crippen MR) is 74.0 cm³/mol. The van der Waals surface area contributed by atoms with Gasteiger partial charge in [0.1, 0.15) is 0 Å². The van der Waals surface area contributed by atoms with Gasteiger partial charge < -0.3 is 0 Å². The number of allylic oxidation sites excluding steroid dienone is 1. The van der Waals surface area contributed by atoms with Crippen LogP contribution in [0, 0.1) is 0 Å². The van der Waals surface area contributed by atoms with Gasteiger partial charge in [0.25, 0.3) is 0 Å². The Labute approximate surface area is 101 Å². The molecule has 17 heavy (non-hydrogen) atoms. The summed E-state index contributed by atoms with van der Waals surface area (Å²) in [7, 11) is 0. The molecule has 0 radical (unpaired) electrons. The molecule has 0 saturated heterocycles. The van der Waals surface area contributed by atoms with Crippen molar-refractivity contribution in [3.8, 4) is 11.1 Å². The molecule has 0 amide bonds. The van der Waals surface area contributed by atoms with Crippen molar-refractivity contribution in [3.05, 3.63) is 71.1 Å². The van der Waals surface area contributed by atoms with Crippen LogP contribution in [0.3, 0.4) is 0 Å². The summed E-state index contributed by atoms with van der Waals surface area (Å²) in [6, 6.07) is 14.9. The van der Waals surface area contributed by atoms with E-state index < -0.39 is 0 Å². The fourth-order valence-corrected chi connectivity index (χ4v) is 2.61. The summed E-state index contributed by atoms with van der Waals surface area (Å²) in [5.41, 5.74) is 5.28. The lowest BCUT2D eigenvalue weighted by Crippen LogP contribution is -2.30. The van der Waals surface area contributed by atoms with Crippen LogP contribution in [0.4, 0.5) is 0 Å². The van der Waals surface area contributed by atoms with Crippen LogP contribution >= 0.6 is 0 Å². The molecule has 0 heteroatoms. The van der Waals surface area contributed by atoms with Gasteiger partial charge in [0.05, 0.1) is 0 Å². The predicted octanol–water partition coefficient (Wildman–Crippen LogP) is 2.66. The molecule has 1 aliphatic carbocycles. The average Bonchev–Trinajstić information content (AvgIpc) is 2.38. The summed E-state index contributed by atoms with van der Waals surface area (Å²) < 4.78 is 0. The van der Waals surface area contributed by atoms with E-state index in [0.717, 1.165) is 11.6 Å². The van der Waals surface area contributed by atoms with Crippen molar-refractivity contribution >= 4 is 12.2 Å². The summed E-state index contributed by atoms with van der Waals surface area (Å²) in [4.78, 5) is 0. The van der Waals surface area contributed by atoms with Gasteiger partial charge in [-0.2, -0.15) is 0 Å². The maximum Gasteiger partial charge on any atom is -0.00134 e. The summed E-state index contributed by atoms with van der Waals surface area (Å²) in [5, 5.41) is 2.35. The average molecular weight is 218 g/mol. The largest absolute Gasteiger partial charge is 0.0988 e. The van der Waals surface area contributed by atoms with Gasteiger partial charge in [-0.15, -0.1) is 0 Å². The lowest BCUT2D eigenvalue weighted by atomic mass is 9.86. The SMILES string of the molecule is C=CC1=c2c(cccc2=C)-c2ccccc2C1. The summed E-state index contributed by atoms with van der Waals surface area (Å²) in [5.74, 6) is 0. The molecule has 0 bridgehead atoms. The monoisotopic (exact) mass is 218 g/mol. The van der Waals surface area contributed by atoms with E-state index in [0.29, 0.717) is 0 Å².